The molecule has 0 atom stereocenters. The maximum atomic E-state index is 9.82. The van der Waals surface area contributed by atoms with Gasteiger partial charge in [-0.1, -0.05) is 6.58 Å². The van der Waals surface area contributed by atoms with Gasteiger partial charge in [0.15, 0.2) is 0 Å². The number of rotatable bonds is 5. The average molecular weight is 235 g/mol. The number of carbonyl (C=O) groups is 1. The van der Waals surface area contributed by atoms with Crippen LogP contribution in [-0.2, 0) is 13.9 Å². The van der Waals surface area contributed by atoms with Crippen LogP contribution in [0.4, 0.5) is 0 Å². The molecule has 0 heterocycles. The molecular weight excluding hydrogens is 215 g/mol. The number of quaternary nitrogens is 1. The highest BCUT2D eigenvalue weighted by Crippen LogP contribution is 1.96. The summed E-state index contributed by atoms with van der Waals surface area (Å²) >= 11 is 0. The fourth-order valence-corrected chi connectivity index (χ4v) is 0.508. The molecule has 0 aliphatic carbocycles. The molecule has 0 unspecified atom stereocenters. The summed E-state index contributed by atoms with van der Waals surface area (Å²) in [6.07, 6.45) is 0. The maximum absolute atomic E-state index is 9.82. The van der Waals surface area contributed by atoms with E-state index in [-0.39, 0.29) is 8.69 Å². The van der Waals surface area contributed by atoms with E-state index >= 15 is 0 Å². The number of primary amides is 1. The predicted molar refractivity (Wildman–Crippen MR) is 60.5 cm³/mol. The largest absolute Gasteiger partial charge is 0.366 e. The summed E-state index contributed by atoms with van der Waals surface area (Å²) in [7, 11) is 5.96. The molecule has 0 spiro atoms. The van der Waals surface area contributed by atoms with Crippen LogP contribution in [0, 0.1) is 0 Å². The molecular formula is C9H20N2O3P+. The van der Waals surface area contributed by atoms with Crippen LogP contribution in [0.1, 0.15) is 6.92 Å². The normalized spacial score (nSPS) is 10.4. The van der Waals surface area contributed by atoms with Gasteiger partial charge in [0.05, 0.1) is 21.1 Å². The Balaban J connectivity index is 0. The van der Waals surface area contributed by atoms with Crippen molar-refractivity contribution >= 4 is 14.6 Å². The van der Waals surface area contributed by atoms with E-state index in [1.54, 1.807) is 6.92 Å². The third kappa shape index (κ3) is 19.6. The van der Waals surface area contributed by atoms with E-state index in [0.717, 1.165) is 11.0 Å². The molecule has 2 N–H and O–H groups in total. The second-order valence-corrected chi connectivity index (χ2v) is 4.47. The molecule has 0 saturated heterocycles. The Kier molecular flexibility index (Phi) is 9.47. The number of carbonyl (C=O) groups excluding carboxylic acids is 1. The van der Waals surface area contributed by atoms with Gasteiger partial charge in [0.25, 0.3) is 0 Å². The molecule has 6 heteroatoms. The number of hydrogen-bond acceptors (Lipinski definition) is 3. The van der Waals surface area contributed by atoms with Crippen LogP contribution in [0.25, 0.3) is 0 Å². The minimum atomic E-state index is -0.435. The molecule has 0 rings (SSSR count). The average Bonchev–Trinajstić information content (AvgIpc) is 2.03. The Labute approximate surface area is 92.8 Å². The van der Waals surface area contributed by atoms with E-state index in [0.29, 0.717) is 12.2 Å². The van der Waals surface area contributed by atoms with Gasteiger partial charge in [0.2, 0.25) is 5.91 Å². The van der Waals surface area contributed by atoms with Crippen LogP contribution in [0.15, 0.2) is 12.2 Å². The fourth-order valence-electron chi connectivity index (χ4n) is 0.352. The van der Waals surface area contributed by atoms with Gasteiger partial charge in [-0.3, -0.25) is 9.32 Å². The summed E-state index contributed by atoms with van der Waals surface area (Å²) in [5.41, 5.74) is 5.09. The highest BCUT2D eigenvalue weighted by molar-refractivity contribution is 7.17. The van der Waals surface area contributed by atoms with Crippen molar-refractivity contribution < 1.29 is 18.4 Å². The van der Waals surface area contributed by atoms with Gasteiger partial charge in [-0.2, -0.15) is 0 Å². The van der Waals surface area contributed by atoms with Crippen LogP contribution in [0.2, 0.25) is 0 Å². The van der Waals surface area contributed by atoms with Crippen molar-refractivity contribution in [3.05, 3.63) is 12.2 Å². The first-order chi connectivity index (χ1) is 6.70. The summed E-state index contributed by atoms with van der Waals surface area (Å²) in [5.74, 6) is -0.435. The monoisotopic (exact) mass is 235 g/mol. The first-order valence-corrected chi connectivity index (χ1v) is 5.14. The summed E-state index contributed by atoms with van der Waals surface area (Å²) in [4.78, 5) is 9.82. The van der Waals surface area contributed by atoms with Crippen LogP contribution in [-0.4, -0.2) is 44.7 Å². The summed E-state index contributed by atoms with van der Waals surface area (Å²) in [5, 5.41) is 0. The summed E-state index contributed by atoms with van der Waals surface area (Å²) in [6, 6.07) is 0. The highest BCUT2D eigenvalue weighted by Gasteiger charge is 2.04. The quantitative estimate of drug-likeness (QED) is 0.334. The molecule has 0 aliphatic heterocycles. The smallest absolute Gasteiger partial charge is 0.327 e. The second-order valence-electron chi connectivity index (χ2n) is 4.07. The summed E-state index contributed by atoms with van der Waals surface area (Å²) in [6.45, 7) is 6.29. The van der Waals surface area contributed by atoms with Crippen LogP contribution >= 0.6 is 8.69 Å². The SMILES string of the molecule is C=C(C)C(N)=O.C[N+](C)(C)CCOP=O. The van der Waals surface area contributed by atoms with E-state index in [4.69, 9.17) is 5.73 Å². The lowest BCUT2D eigenvalue weighted by atomic mass is 10.3. The summed E-state index contributed by atoms with van der Waals surface area (Å²) < 4.78 is 15.2. The first-order valence-electron chi connectivity index (χ1n) is 4.41. The van der Waals surface area contributed by atoms with Crippen LogP contribution in [0.5, 0.6) is 0 Å². The lowest BCUT2D eigenvalue weighted by Crippen LogP contribution is -2.37. The molecule has 0 aliphatic rings. The Bertz CT molecular complexity index is 212. The topological polar surface area (TPSA) is 69.4 Å². The maximum Gasteiger partial charge on any atom is 0.327 e. The van der Waals surface area contributed by atoms with Gasteiger partial charge in [-0.05, 0) is 6.92 Å². The van der Waals surface area contributed by atoms with E-state index in [1.165, 1.54) is 0 Å². The minimum Gasteiger partial charge on any atom is -0.366 e. The van der Waals surface area contributed by atoms with Gasteiger partial charge in [0, 0.05) is 5.57 Å². The van der Waals surface area contributed by atoms with E-state index in [1.807, 2.05) is 0 Å². The van der Waals surface area contributed by atoms with Gasteiger partial charge in [-0.15, -0.1) is 0 Å². The molecule has 88 valence electrons. The third-order valence-corrected chi connectivity index (χ3v) is 1.61. The highest BCUT2D eigenvalue weighted by atomic mass is 31.1. The van der Waals surface area contributed by atoms with E-state index < -0.39 is 5.91 Å². The van der Waals surface area contributed by atoms with Crippen molar-refractivity contribution in [3.63, 3.8) is 0 Å². The fraction of sp³-hybridized carbons (Fsp3) is 0.667. The molecule has 0 fully saturated rings. The number of likely N-dealkylation sites (N-methyl/N-ethyl adjacent to an activating group) is 1. The standard InChI is InChI=1S/C5H13NO2P.C4H7NO/c1-6(2,3)4-5-8-9-7;1-3(2)4(5)6/h4-5H2,1-3H3;1H2,2H3,(H2,5,6)/q+1;. The molecule has 0 aromatic rings. The number of amides is 1. The molecule has 0 aromatic carbocycles. The lowest BCUT2D eigenvalue weighted by molar-refractivity contribution is -0.870. The second kappa shape index (κ2) is 8.53. The zero-order valence-electron chi connectivity index (χ0n) is 9.82. The number of nitrogens with two attached hydrogens (primary N) is 1. The van der Waals surface area contributed by atoms with Crippen LogP contribution < -0.4 is 5.73 Å². The van der Waals surface area contributed by atoms with Gasteiger partial charge in [-0.25, -0.2) is 4.57 Å². The Hall–Kier alpha value is -0.770. The Morgan fingerprint density at radius 3 is 2.07 bits per heavy atom. The van der Waals surface area contributed by atoms with Gasteiger partial charge >= 0.3 is 8.69 Å². The van der Waals surface area contributed by atoms with Crippen molar-refractivity contribution in [1.29, 1.82) is 0 Å². The molecule has 0 radical (unpaired) electrons. The van der Waals surface area contributed by atoms with Crippen molar-refractivity contribution in [2.24, 2.45) is 5.73 Å². The zero-order valence-corrected chi connectivity index (χ0v) is 10.7. The third-order valence-electron chi connectivity index (χ3n) is 1.33. The molecule has 0 aromatic heterocycles. The van der Waals surface area contributed by atoms with Crippen molar-refractivity contribution in [3.8, 4) is 0 Å². The zero-order chi connectivity index (χ0) is 12.5. The molecule has 15 heavy (non-hydrogen) atoms. The van der Waals surface area contributed by atoms with Gasteiger partial charge in [0.1, 0.15) is 13.2 Å². The predicted octanol–water partition coefficient (Wildman–Crippen LogP) is 0.964. The lowest BCUT2D eigenvalue weighted by Gasteiger charge is -2.22. The molecule has 1 amide bonds. The van der Waals surface area contributed by atoms with Crippen molar-refractivity contribution in [2.45, 2.75) is 6.92 Å². The number of hydrogen-bond donors (Lipinski definition) is 1. The minimum absolute atomic E-state index is 0.217. The van der Waals surface area contributed by atoms with E-state index in [2.05, 4.69) is 32.2 Å². The molecule has 0 bridgehead atoms. The Morgan fingerprint density at radius 2 is 1.87 bits per heavy atom. The van der Waals surface area contributed by atoms with Crippen molar-refractivity contribution in [1.82, 2.24) is 0 Å². The molecule has 0 saturated carbocycles. The Morgan fingerprint density at radius 1 is 1.47 bits per heavy atom. The first kappa shape index (κ1) is 16.7. The van der Waals surface area contributed by atoms with Gasteiger partial charge < -0.3 is 10.2 Å². The molecule has 5 nitrogen and oxygen atoms in total. The van der Waals surface area contributed by atoms with E-state index in [9.17, 15) is 9.36 Å². The van der Waals surface area contributed by atoms with Crippen molar-refractivity contribution in [2.75, 3.05) is 34.3 Å². The number of nitrogens with zero attached hydrogens (tertiary/aromatic N) is 1. The van der Waals surface area contributed by atoms with Crippen LogP contribution in [0.3, 0.4) is 0 Å².